The lowest BCUT2D eigenvalue weighted by molar-refractivity contribution is -0.139. The van der Waals surface area contributed by atoms with Crippen molar-refractivity contribution >= 4 is 17.4 Å². The van der Waals surface area contributed by atoms with E-state index in [1.165, 1.54) is 7.11 Å². The minimum atomic E-state index is -0.326. The molecule has 0 radical (unpaired) electrons. The van der Waals surface area contributed by atoms with Gasteiger partial charge in [0.25, 0.3) is 0 Å². The Bertz CT molecular complexity index is 801. The number of nitrogen functional groups attached to an aromatic ring is 1. The maximum absolute atomic E-state index is 12.6. The minimum absolute atomic E-state index is 0.101. The quantitative estimate of drug-likeness (QED) is 0.695. The van der Waals surface area contributed by atoms with Crippen molar-refractivity contribution in [2.45, 2.75) is 33.1 Å². The summed E-state index contributed by atoms with van der Waals surface area (Å²) < 4.78 is 6.81. The largest absolute Gasteiger partial charge is 0.469 e. The van der Waals surface area contributed by atoms with Gasteiger partial charge in [0, 0.05) is 34.7 Å². The Morgan fingerprint density at radius 2 is 1.92 bits per heavy atom. The number of carbonyl (C=O) groups excluding carboxylic acids is 2. The highest BCUT2D eigenvalue weighted by atomic mass is 16.5. The molecule has 0 atom stereocenters. The third kappa shape index (κ3) is 2.94. The van der Waals surface area contributed by atoms with E-state index in [-0.39, 0.29) is 23.6 Å². The monoisotopic (exact) mass is 326 g/mol. The van der Waals surface area contributed by atoms with Crippen LogP contribution in [0.4, 0.5) is 5.69 Å². The zero-order valence-electron chi connectivity index (χ0n) is 14.3. The van der Waals surface area contributed by atoms with Crippen LogP contribution in [0, 0.1) is 5.41 Å². The standard InChI is InChI=1S/C19H22N2O3/c1-19(2)10-16-15(17(22)11-19)8-14(9-18(23)24-3)21(16)13-6-4-12(20)5-7-13/h4-8H,9-11,20H2,1-3H3. The van der Waals surface area contributed by atoms with E-state index in [0.717, 1.165) is 23.5 Å². The topological polar surface area (TPSA) is 74.3 Å². The first-order valence-electron chi connectivity index (χ1n) is 8.00. The summed E-state index contributed by atoms with van der Waals surface area (Å²) in [6.07, 6.45) is 1.42. The van der Waals surface area contributed by atoms with E-state index in [1.54, 1.807) is 0 Å². The maximum atomic E-state index is 12.6. The summed E-state index contributed by atoms with van der Waals surface area (Å²) in [6.45, 7) is 4.18. The van der Waals surface area contributed by atoms with Crippen LogP contribution in [0.3, 0.4) is 0 Å². The van der Waals surface area contributed by atoms with Crippen molar-refractivity contribution in [3.63, 3.8) is 0 Å². The fourth-order valence-electron chi connectivity index (χ4n) is 3.36. The van der Waals surface area contributed by atoms with E-state index in [9.17, 15) is 9.59 Å². The van der Waals surface area contributed by atoms with Gasteiger partial charge in [-0.15, -0.1) is 0 Å². The lowest BCUT2D eigenvalue weighted by Gasteiger charge is -2.30. The van der Waals surface area contributed by atoms with Crippen LogP contribution >= 0.6 is 0 Å². The summed E-state index contributed by atoms with van der Waals surface area (Å²) in [4.78, 5) is 24.4. The molecule has 1 heterocycles. The van der Waals surface area contributed by atoms with Gasteiger partial charge in [-0.05, 0) is 42.2 Å². The van der Waals surface area contributed by atoms with E-state index in [0.29, 0.717) is 17.7 Å². The molecule has 3 rings (SSSR count). The number of anilines is 1. The molecule has 0 amide bonds. The number of Topliss-reactive ketones (excluding diaryl/α,β-unsaturated/α-hetero) is 1. The zero-order valence-corrected chi connectivity index (χ0v) is 14.3. The van der Waals surface area contributed by atoms with Gasteiger partial charge in [-0.1, -0.05) is 13.8 Å². The molecule has 2 N–H and O–H groups in total. The third-order valence-electron chi connectivity index (χ3n) is 4.47. The number of ketones is 1. The molecular weight excluding hydrogens is 304 g/mol. The number of hydrogen-bond donors (Lipinski definition) is 1. The molecule has 0 bridgehead atoms. The molecule has 0 spiro atoms. The first-order chi connectivity index (χ1) is 11.3. The average Bonchev–Trinajstić information content (AvgIpc) is 2.85. The molecule has 0 saturated carbocycles. The highest BCUT2D eigenvalue weighted by molar-refractivity contribution is 5.99. The van der Waals surface area contributed by atoms with Gasteiger partial charge >= 0.3 is 5.97 Å². The summed E-state index contributed by atoms with van der Waals surface area (Å²) in [5.74, 6) is -0.199. The van der Waals surface area contributed by atoms with Gasteiger partial charge in [0.2, 0.25) is 0 Å². The average molecular weight is 326 g/mol. The van der Waals surface area contributed by atoms with Gasteiger partial charge in [-0.25, -0.2) is 0 Å². The second-order valence-corrected chi connectivity index (χ2v) is 7.12. The van der Waals surface area contributed by atoms with Crippen LogP contribution in [0.1, 0.15) is 42.0 Å². The van der Waals surface area contributed by atoms with Crippen LogP contribution in [0.5, 0.6) is 0 Å². The number of esters is 1. The number of benzene rings is 1. The molecule has 0 fully saturated rings. The number of methoxy groups -OCH3 is 1. The number of hydrogen-bond acceptors (Lipinski definition) is 4. The molecule has 1 aromatic carbocycles. The van der Waals surface area contributed by atoms with Crippen molar-refractivity contribution in [3.05, 3.63) is 47.3 Å². The lowest BCUT2D eigenvalue weighted by Crippen LogP contribution is -2.28. The van der Waals surface area contributed by atoms with Crippen LogP contribution in [0.25, 0.3) is 5.69 Å². The molecule has 2 aromatic rings. The highest BCUT2D eigenvalue weighted by Gasteiger charge is 2.35. The molecule has 0 saturated heterocycles. The van der Waals surface area contributed by atoms with Crippen LogP contribution in [-0.4, -0.2) is 23.4 Å². The number of carbonyl (C=O) groups is 2. The van der Waals surface area contributed by atoms with E-state index in [4.69, 9.17) is 10.5 Å². The van der Waals surface area contributed by atoms with Gasteiger partial charge in [0.1, 0.15) is 0 Å². The van der Waals surface area contributed by atoms with E-state index >= 15 is 0 Å². The Labute approximate surface area is 141 Å². The second kappa shape index (κ2) is 5.82. The predicted octanol–water partition coefficient (Wildman–Crippen LogP) is 2.93. The molecule has 0 aliphatic heterocycles. The number of fused-ring (bicyclic) bond motifs is 1. The Hall–Kier alpha value is -2.56. The Balaban J connectivity index is 2.18. The minimum Gasteiger partial charge on any atom is -0.469 e. The normalized spacial score (nSPS) is 15.9. The van der Waals surface area contributed by atoms with E-state index < -0.39 is 0 Å². The molecule has 5 nitrogen and oxygen atoms in total. The molecule has 24 heavy (non-hydrogen) atoms. The molecule has 0 unspecified atom stereocenters. The van der Waals surface area contributed by atoms with Gasteiger partial charge in [0.05, 0.1) is 13.5 Å². The van der Waals surface area contributed by atoms with Crippen molar-refractivity contribution in [1.29, 1.82) is 0 Å². The number of ether oxygens (including phenoxy) is 1. The zero-order chi connectivity index (χ0) is 17.5. The molecule has 1 aliphatic carbocycles. The third-order valence-corrected chi connectivity index (χ3v) is 4.47. The molecule has 1 aliphatic rings. The van der Waals surface area contributed by atoms with Crippen LogP contribution in [0.15, 0.2) is 30.3 Å². The fourth-order valence-corrected chi connectivity index (χ4v) is 3.36. The maximum Gasteiger partial charge on any atom is 0.311 e. The highest BCUT2D eigenvalue weighted by Crippen LogP contribution is 2.37. The predicted molar refractivity (Wildman–Crippen MR) is 92.3 cm³/mol. The number of nitrogens with zero attached hydrogens (tertiary/aromatic N) is 1. The van der Waals surface area contributed by atoms with Gasteiger partial charge < -0.3 is 15.0 Å². The Morgan fingerprint density at radius 1 is 1.25 bits per heavy atom. The lowest BCUT2D eigenvalue weighted by atomic mass is 9.76. The number of nitrogens with two attached hydrogens (primary N) is 1. The molecule has 5 heteroatoms. The molecule has 126 valence electrons. The Kier molecular flexibility index (Phi) is 3.95. The first-order valence-corrected chi connectivity index (χ1v) is 8.00. The summed E-state index contributed by atoms with van der Waals surface area (Å²) in [7, 11) is 1.37. The van der Waals surface area contributed by atoms with Gasteiger partial charge in [0.15, 0.2) is 5.78 Å². The van der Waals surface area contributed by atoms with Crippen molar-refractivity contribution < 1.29 is 14.3 Å². The summed E-state index contributed by atoms with van der Waals surface area (Å²) in [5, 5.41) is 0. The van der Waals surface area contributed by atoms with Crippen molar-refractivity contribution in [3.8, 4) is 5.69 Å². The Morgan fingerprint density at radius 3 is 2.54 bits per heavy atom. The fraction of sp³-hybridized carbons (Fsp3) is 0.368. The summed E-state index contributed by atoms with van der Waals surface area (Å²) >= 11 is 0. The van der Waals surface area contributed by atoms with Crippen LogP contribution < -0.4 is 5.73 Å². The molecular formula is C19H22N2O3. The van der Waals surface area contributed by atoms with Crippen LogP contribution in [0.2, 0.25) is 0 Å². The smallest absolute Gasteiger partial charge is 0.311 e. The summed E-state index contributed by atoms with van der Waals surface area (Å²) in [5.41, 5.74) is 9.69. The van der Waals surface area contributed by atoms with Crippen molar-refractivity contribution in [2.75, 3.05) is 12.8 Å². The van der Waals surface area contributed by atoms with Crippen molar-refractivity contribution in [2.24, 2.45) is 5.41 Å². The van der Waals surface area contributed by atoms with E-state index in [2.05, 4.69) is 13.8 Å². The SMILES string of the molecule is COC(=O)Cc1cc2c(n1-c1ccc(N)cc1)CC(C)(C)CC2=O. The van der Waals surface area contributed by atoms with Gasteiger partial charge in [-0.2, -0.15) is 0 Å². The summed E-state index contributed by atoms with van der Waals surface area (Å²) in [6, 6.07) is 9.28. The van der Waals surface area contributed by atoms with E-state index in [1.807, 2.05) is 34.9 Å². The first kappa shape index (κ1) is 16.3. The van der Waals surface area contributed by atoms with Gasteiger partial charge in [-0.3, -0.25) is 9.59 Å². The van der Waals surface area contributed by atoms with Crippen LogP contribution in [-0.2, 0) is 22.4 Å². The number of rotatable bonds is 3. The second-order valence-electron chi connectivity index (χ2n) is 7.12. The molecule has 1 aromatic heterocycles. The number of aromatic nitrogens is 1. The van der Waals surface area contributed by atoms with Crippen molar-refractivity contribution in [1.82, 2.24) is 4.57 Å².